The predicted molar refractivity (Wildman–Crippen MR) is 102 cm³/mol. The highest BCUT2D eigenvalue weighted by Gasteiger charge is 2.17. The summed E-state index contributed by atoms with van der Waals surface area (Å²) >= 11 is 0. The minimum Gasteiger partial charge on any atom is -0.477 e. The molecule has 0 saturated heterocycles. The summed E-state index contributed by atoms with van der Waals surface area (Å²) in [6, 6.07) is 8.23. The average Bonchev–Trinajstić information content (AvgIpc) is 2.69. The van der Waals surface area contributed by atoms with Gasteiger partial charge in [-0.1, -0.05) is 18.2 Å². The van der Waals surface area contributed by atoms with E-state index in [0.29, 0.717) is 17.6 Å². The maximum absolute atomic E-state index is 14.4. The van der Waals surface area contributed by atoms with Gasteiger partial charge in [0.15, 0.2) is 5.82 Å². The number of nitrogens with zero attached hydrogens (tertiary/aromatic N) is 4. The van der Waals surface area contributed by atoms with Crippen molar-refractivity contribution in [3.63, 3.8) is 0 Å². The van der Waals surface area contributed by atoms with Gasteiger partial charge in [-0.25, -0.2) is 9.18 Å². The third kappa shape index (κ3) is 3.86. The number of aromatic nitrogens is 1. The first-order valence-electron chi connectivity index (χ1n) is 8.53. The van der Waals surface area contributed by atoms with Crippen molar-refractivity contribution in [1.82, 2.24) is 4.57 Å². The second kappa shape index (κ2) is 7.97. The van der Waals surface area contributed by atoms with Crippen molar-refractivity contribution in [3.8, 4) is 0 Å². The number of azo groups is 1. The van der Waals surface area contributed by atoms with E-state index in [-0.39, 0.29) is 23.3 Å². The molecule has 2 aromatic carbocycles. The minimum atomic E-state index is -1.40. The van der Waals surface area contributed by atoms with Crippen LogP contribution in [-0.2, 0) is 13.1 Å². The van der Waals surface area contributed by atoms with Crippen molar-refractivity contribution >= 4 is 28.2 Å². The van der Waals surface area contributed by atoms with E-state index in [2.05, 4.69) is 10.2 Å². The van der Waals surface area contributed by atoms with Crippen LogP contribution in [0.4, 0.5) is 15.8 Å². The van der Waals surface area contributed by atoms with Crippen molar-refractivity contribution in [2.24, 2.45) is 10.2 Å². The van der Waals surface area contributed by atoms with E-state index in [1.165, 1.54) is 35.0 Å². The summed E-state index contributed by atoms with van der Waals surface area (Å²) in [6.07, 6.45) is 1.19. The monoisotopic (exact) mass is 398 g/mol. The molecule has 0 bridgehead atoms. The van der Waals surface area contributed by atoms with Crippen LogP contribution in [-0.4, -0.2) is 20.6 Å². The second-order valence-electron chi connectivity index (χ2n) is 6.07. The first kappa shape index (κ1) is 19.8. The van der Waals surface area contributed by atoms with Gasteiger partial charge in [0.25, 0.3) is 5.69 Å². The molecule has 0 radical (unpaired) electrons. The molecule has 29 heavy (non-hydrogen) atoms. The molecule has 0 aliphatic heterocycles. The van der Waals surface area contributed by atoms with Gasteiger partial charge >= 0.3 is 5.97 Å². The quantitative estimate of drug-likeness (QED) is 0.381. The molecule has 10 heteroatoms. The zero-order chi connectivity index (χ0) is 21.1. The molecular weight excluding hydrogens is 383 g/mol. The van der Waals surface area contributed by atoms with Crippen molar-refractivity contribution in [3.05, 3.63) is 79.9 Å². The molecule has 0 atom stereocenters. The summed E-state index contributed by atoms with van der Waals surface area (Å²) in [5.74, 6) is -2.25. The molecule has 0 aliphatic rings. The fraction of sp³-hybridized carbons (Fsp3) is 0.158. The number of para-hydroxylation sites is 1. The van der Waals surface area contributed by atoms with E-state index in [0.717, 1.165) is 6.07 Å². The Morgan fingerprint density at radius 2 is 2.03 bits per heavy atom. The smallest absolute Gasteiger partial charge is 0.341 e. The van der Waals surface area contributed by atoms with Crippen LogP contribution < -0.4 is 5.43 Å². The molecule has 1 N–H and O–H groups in total. The number of nitro benzene ring substituents is 1. The van der Waals surface area contributed by atoms with Crippen molar-refractivity contribution in [2.75, 3.05) is 0 Å². The van der Waals surface area contributed by atoms with E-state index in [9.17, 15) is 24.1 Å². The fourth-order valence-electron chi connectivity index (χ4n) is 2.90. The summed E-state index contributed by atoms with van der Waals surface area (Å²) in [7, 11) is 0. The molecule has 148 valence electrons. The number of benzene rings is 2. The molecule has 9 nitrogen and oxygen atoms in total. The third-order valence-electron chi connectivity index (χ3n) is 4.33. The van der Waals surface area contributed by atoms with Crippen LogP contribution in [0.15, 0.2) is 57.6 Å². The largest absolute Gasteiger partial charge is 0.477 e. The highest BCUT2D eigenvalue weighted by atomic mass is 19.1. The molecule has 0 saturated carbocycles. The van der Waals surface area contributed by atoms with Crippen LogP contribution in [0.5, 0.6) is 0 Å². The van der Waals surface area contributed by atoms with E-state index in [1.807, 2.05) is 0 Å². The topological polar surface area (TPSA) is 127 Å². The Morgan fingerprint density at radius 3 is 2.69 bits per heavy atom. The first-order valence-corrected chi connectivity index (χ1v) is 8.53. The number of halogens is 1. The fourth-order valence-corrected chi connectivity index (χ4v) is 2.90. The van der Waals surface area contributed by atoms with Gasteiger partial charge in [0, 0.05) is 24.2 Å². The van der Waals surface area contributed by atoms with Crippen LogP contribution in [0, 0.1) is 15.9 Å². The molecule has 3 rings (SSSR count). The lowest BCUT2D eigenvalue weighted by atomic mass is 10.1. The molecule has 0 amide bonds. The molecule has 0 fully saturated rings. The van der Waals surface area contributed by atoms with Gasteiger partial charge in [0.2, 0.25) is 5.43 Å². The van der Waals surface area contributed by atoms with Gasteiger partial charge in [-0.05, 0) is 19.1 Å². The predicted octanol–water partition coefficient (Wildman–Crippen LogP) is 4.05. The summed E-state index contributed by atoms with van der Waals surface area (Å²) in [5, 5.41) is 27.8. The lowest BCUT2D eigenvalue weighted by Crippen LogP contribution is -2.18. The number of carboxylic acids is 1. The van der Waals surface area contributed by atoms with Crippen LogP contribution >= 0.6 is 0 Å². The van der Waals surface area contributed by atoms with Gasteiger partial charge in [-0.2, -0.15) is 10.2 Å². The maximum atomic E-state index is 14.4. The van der Waals surface area contributed by atoms with Crippen molar-refractivity contribution in [2.45, 2.75) is 20.0 Å². The van der Waals surface area contributed by atoms with Gasteiger partial charge in [0.05, 0.1) is 22.5 Å². The second-order valence-corrected chi connectivity index (χ2v) is 6.07. The Kier molecular flexibility index (Phi) is 5.44. The number of aromatic carboxylic acids is 1. The summed E-state index contributed by atoms with van der Waals surface area (Å²) in [4.78, 5) is 34.1. The van der Waals surface area contributed by atoms with Gasteiger partial charge in [-0.3, -0.25) is 14.9 Å². The number of hydrogen-bond acceptors (Lipinski definition) is 6. The molecule has 1 heterocycles. The van der Waals surface area contributed by atoms with E-state index < -0.39 is 27.7 Å². The van der Waals surface area contributed by atoms with E-state index in [1.54, 1.807) is 13.0 Å². The number of carboxylic acid groups (broad SMARTS) is 1. The van der Waals surface area contributed by atoms with E-state index >= 15 is 0 Å². The van der Waals surface area contributed by atoms with Crippen molar-refractivity contribution in [1.29, 1.82) is 0 Å². The number of fused-ring (bicyclic) bond motifs is 1. The number of pyridine rings is 1. The lowest BCUT2D eigenvalue weighted by molar-refractivity contribution is -0.385. The van der Waals surface area contributed by atoms with Gasteiger partial charge in [-0.15, -0.1) is 0 Å². The molecule has 0 unspecified atom stereocenters. The van der Waals surface area contributed by atoms with Crippen molar-refractivity contribution < 1.29 is 19.2 Å². The normalized spacial score (nSPS) is 11.2. The SMILES string of the molecule is CCn1cc(C(=O)O)c(=O)c2cc(F)c(N=NCc3ccccc3[N+](=O)[O-])cc21. The molecule has 0 spiro atoms. The average molecular weight is 398 g/mol. The van der Waals surface area contributed by atoms with Crippen LogP contribution in [0.2, 0.25) is 0 Å². The highest BCUT2D eigenvalue weighted by Crippen LogP contribution is 2.26. The van der Waals surface area contributed by atoms with Gasteiger partial charge < -0.3 is 9.67 Å². The van der Waals surface area contributed by atoms with Crippen LogP contribution in [0.3, 0.4) is 0 Å². The standard InChI is InChI=1S/C19H15FN4O5/c1-2-23-10-13(19(26)27)18(25)12-7-14(20)15(8-17(12)23)22-21-9-11-5-3-4-6-16(11)24(28)29/h3-8,10H,2,9H2,1H3,(H,26,27). The Labute approximate surface area is 162 Å². The van der Waals surface area contributed by atoms with E-state index in [4.69, 9.17) is 5.11 Å². The maximum Gasteiger partial charge on any atom is 0.341 e. The number of carbonyl (C=O) groups is 1. The number of hydrogen-bond donors (Lipinski definition) is 1. The number of nitro groups is 1. The Hall–Kier alpha value is -3.95. The number of aryl methyl sites for hydroxylation is 1. The first-order chi connectivity index (χ1) is 13.8. The molecule has 0 aliphatic carbocycles. The zero-order valence-electron chi connectivity index (χ0n) is 15.2. The minimum absolute atomic E-state index is 0.0816. The molecule has 3 aromatic rings. The summed E-state index contributed by atoms with van der Waals surface area (Å²) in [5.41, 5.74) is -0.904. The Balaban J connectivity index is 2.03. The molecular formula is C19H15FN4O5. The highest BCUT2D eigenvalue weighted by molar-refractivity contribution is 5.93. The van der Waals surface area contributed by atoms with Gasteiger partial charge in [0.1, 0.15) is 11.3 Å². The Morgan fingerprint density at radius 1 is 1.31 bits per heavy atom. The molecule has 1 aromatic heterocycles. The third-order valence-corrected chi connectivity index (χ3v) is 4.33. The van der Waals surface area contributed by atoms with Crippen LogP contribution in [0.1, 0.15) is 22.8 Å². The van der Waals surface area contributed by atoms with Crippen LogP contribution in [0.25, 0.3) is 10.9 Å². The zero-order valence-corrected chi connectivity index (χ0v) is 15.2. The number of rotatable bonds is 6. The summed E-state index contributed by atoms with van der Waals surface area (Å²) < 4.78 is 15.9. The summed E-state index contributed by atoms with van der Waals surface area (Å²) in [6.45, 7) is 1.96. The Bertz CT molecular complexity index is 1220. The lowest BCUT2D eigenvalue weighted by Gasteiger charge is -2.10.